The molecule has 0 spiro atoms. The summed E-state index contributed by atoms with van der Waals surface area (Å²) < 4.78 is 0. The summed E-state index contributed by atoms with van der Waals surface area (Å²) in [5.41, 5.74) is 2.22. The average Bonchev–Trinajstić information content (AvgIpc) is 2.91. The minimum Gasteiger partial charge on any atom is -0.323 e. The summed E-state index contributed by atoms with van der Waals surface area (Å²) in [7, 11) is 1.70. The molecule has 0 bridgehead atoms. The first-order valence-electron chi connectivity index (χ1n) is 6.71. The number of aromatic nitrogens is 1. The first-order valence-corrected chi connectivity index (χ1v) is 7.59. The summed E-state index contributed by atoms with van der Waals surface area (Å²) in [6.07, 6.45) is 3.13. The van der Waals surface area contributed by atoms with E-state index in [1.807, 2.05) is 12.3 Å². The van der Waals surface area contributed by atoms with Gasteiger partial charge < -0.3 is 10.2 Å². The topological polar surface area (TPSA) is 62.3 Å². The third-order valence-electron chi connectivity index (χ3n) is 3.04. The Hall–Kier alpha value is -2.47. The van der Waals surface area contributed by atoms with Crippen LogP contribution in [0.1, 0.15) is 17.6 Å². The smallest absolute Gasteiger partial charge is 0.248 e. The molecule has 114 valence electrons. The summed E-state index contributed by atoms with van der Waals surface area (Å²) in [5, 5.41) is 5.62. The molecular formula is C16H17N3O2S. The average molecular weight is 315 g/mol. The summed E-state index contributed by atoms with van der Waals surface area (Å²) in [5.74, 6) is -0.267. The number of carbonyl (C=O) groups excluding carboxylic acids is 2. The van der Waals surface area contributed by atoms with E-state index in [9.17, 15) is 9.59 Å². The van der Waals surface area contributed by atoms with Crippen molar-refractivity contribution in [3.05, 3.63) is 46.4 Å². The van der Waals surface area contributed by atoms with Gasteiger partial charge in [0.2, 0.25) is 11.8 Å². The highest BCUT2D eigenvalue weighted by molar-refractivity contribution is 7.09. The standard InChI is InChI=1S/C16H17N3O2S/c1-11-17-14(10-22-11)6-9-16(21)18-13-4-7-15(8-5-13)19(3)12(2)20/h4-10H,1-3H3,(H,18,21). The van der Waals surface area contributed by atoms with E-state index in [4.69, 9.17) is 0 Å². The van der Waals surface area contributed by atoms with Gasteiger partial charge in [-0.25, -0.2) is 4.98 Å². The van der Waals surface area contributed by atoms with Crippen LogP contribution in [0, 0.1) is 6.92 Å². The zero-order chi connectivity index (χ0) is 16.1. The maximum Gasteiger partial charge on any atom is 0.248 e. The quantitative estimate of drug-likeness (QED) is 0.882. The lowest BCUT2D eigenvalue weighted by atomic mass is 10.2. The number of rotatable bonds is 4. The van der Waals surface area contributed by atoms with Gasteiger partial charge in [-0.05, 0) is 37.3 Å². The minimum atomic E-state index is -0.224. The molecule has 0 fully saturated rings. The Morgan fingerprint density at radius 1 is 1.27 bits per heavy atom. The molecule has 1 aromatic heterocycles. The zero-order valence-corrected chi connectivity index (χ0v) is 13.5. The van der Waals surface area contributed by atoms with Crippen LogP contribution < -0.4 is 10.2 Å². The predicted molar refractivity (Wildman–Crippen MR) is 90.0 cm³/mol. The van der Waals surface area contributed by atoms with Gasteiger partial charge in [0.25, 0.3) is 0 Å². The predicted octanol–water partition coefficient (Wildman–Crippen LogP) is 3.09. The molecule has 0 unspecified atom stereocenters. The Morgan fingerprint density at radius 3 is 2.50 bits per heavy atom. The van der Waals surface area contributed by atoms with Gasteiger partial charge in [-0.1, -0.05) is 0 Å². The maximum atomic E-state index is 11.8. The fourth-order valence-corrected chi connectivity index (χ4v) is 2.33. The van der Waals surface area contributed by atoms with Gasteiger partial charge in [0.05, 0.1) is 10.7 Å². The van der Waals surface area contributed by atoms with E-state index in [-0.39, 0.29) is 11.8 Å². The monoisotopic (exact) mass is 315 g/mol. The molecular weight excluding hydrogens is 298 g/mol. The van der Waals surface area contributed by atoms with Gasteiger partial charge in [0.1, 0.15) is 0 Å². The largest absolute Gasteiger partial charge is 0.323 e. The van der Waals surface area contributed by atoms with Gasteiger partial charge in [-0.2, -0.15) is 0 Å². The lowest BCUT2D eigenvalue weighted by Gasteiger charge is -2.15. The van der Waals surface area contributed by atoms with Gasteiger partial charge in [-0.15, -0.1) is 11.3 Å². The van der Waals surface area contributed by atoms with Crippen LogP contribution in [0.25, 0.3) is 6.08 Å². The number of benzene rings is 1. The van der Waals surface area contributed by atoms with Gasteiger partial charge in [0.15, 0.2) is 0 Å². The molecule has 0 atom stereocenters. The highest BCUT2D eigenvalue weighted by Gasteiger charge is 2.05. The highest BCUT2D eigenvalue weighted by atomic mass is 32.1. The van der Waals surface area contributed by atoms with E-state index in [1.54, 1.807) is 48.7 Å². The fourth-order valence-electron chi connectivity index (χ4n) is 1.75. The van der Waals surface area contributed by atoms with Crippen molar-refractivity contribution in [1.82, 2.24) is 4.98 Å². The summed E-state index contributed by atoms with van der Waals surface area (Å²) in [4.78, 5) is 28.9. The number of amides is 2. The van der Waals surface area contributed by atoms with Crippen molar-refractivity contribution in [3.8, 4) is 0 Å². The van der Waals surface area contributed by atoms with E-state index < -0.39 is 0 Å². The van der Waals surface area contributed by atoms with Crippen molar-refractivity contribution in [3.63, 3.8) is 0 Å². The molecule has 0 saturated carbocycles. The van der Waals surface area contributed by atoms with Crippen molar-refractivity contribution in [1.29, 1.82) is 0 Å². The van der Waals surface area contributed by atoms with Gasteiger partial charge >= 0.3 is 0 Å². The Bertz CT molecular complexity index is 704. The molecule has 1 heterocycles. The van der Waals surface area contributed by atoms with Crippen molar-refractivity contribution < 1.29 is 9.59 Å². The second kappa shape index (κ2) is 7.00. The minimum absolute atomic E-state index is 0.0433. The molecule has 0 radical (unpaired) electrons. The first-order chi connectivity index (χ1) is 10.5. The van der Waals surface area contributed by atoms with Crippen LogP contribution in [0.15, 0.2) is 35.7 Å². The highest BCUT2D eigenvalue weighted by Crippen LogP contribution is 2.17. The molecule has 2 amide bonds. The van der Waals surface area contributed by atoms with Crippen molar-refractivity contribution in [2.24, 2.45) is 0 Å². The molecule has 22 heavy (non-hydrogen) atoms. The molecule has 1 aromatic carbocycles. The van der Waals surface area contributed by atoms with E-state index in [0.717, 1.165) is 16.4 Å². The first kappa shape index (κ1) is 15.9. The van der Waals surface area contributed by atoms with Crippen LogP contribution in [-0.4, -0.2) is 23.8 Å². The van der Waals surface area contributed by atoms with E-state index >= 15 is 0 Å². The Balaban J connectivity index is 1.97. The molecule has 2 rings (SSSR count). The van der Waals surface area contributed by atoms with Crippen molar-refractivity contribution in [2.75, 3.05) is 17.3 Å². The number of aryl methyl sites for hydroxylation is 1. The second-order valence-corrected chi connectivity index (χ2v) is 5.80. The Morgan fingerprint density at radius 2 is 1.95 bits per heavy atom. The summed E-state index contributed by atoms with van der Waals surface area (Å²) >= 11 is 1.54. The molecule has 0 aliphatic carbocycles. The molecule has 5 nitrogen and oxygen atoms in total. The number of hydrogen-bond donors (Lipinski definition) is 1. The molecule has 1 N–H and O–H groups in total. The number of nitrogens with one attached hydrogen (secondary N) is 1. The Kier molecular flexibility index (Phi) is 5.06. The van der Waals surface area contributed by atoms with Crippen LogP contribution in [0.4, 0.5) is 11.4 Å². The second-order valence-electron chi connectivity index (χ2n) is 4.74. The molecule has 0 aliphatic rings. The third kappa shape index (κ3) is 4.26. The molecule has 0 saturated heterocycles. The van der Waals surface area contributed by atoms with Crippen molar-refractivity contribution >= 4 is 40.6 Å². The lowest BCUT2D eigenvalue weighted by Crippen LogP contribution is -2.22. The maximum absolute atomic E-state index is 11.8. The number of carbonyl (C=O) groups is 2. The van der Waals surface area contributed by atoms with Crippen LogP contribution in [-0.2, 0) is 9.59 Å². The normalized spacial score (nSPS) is 10.7. The fraction of sp³-hybridized carbons (Fsp3) is 0.188. The number of thiazole rings is 1. The number of anilines is 2. The van der Waals surface area contributed by atoms with E-state index in [1.165, 1.54) is 17.9 Å². The van der Waals surface area contributed by atoms with Gasteiger partial charge in [0, 0.05) is 36.8 Å². The summed E-state index contributed by atoms with van der Waals surface area (Å²) in [6.45, 7) is 3.42. The lowest BCUT2D eigenvalue weighted by molar-refractivity contribution is -0.116. The van der Waals surface area contributed by atoms with Crippen LogP contribution in [0.5, 0.6) is 0 Å². The Labute approximate surface area is 133 Å². The van der Waals surface area contributed by atoms with Crippen LogP contribution in [0.2, 0.25) is 0 Å². The summed E-state index contributed by atoms with van der Waals surface area (Å²) in [6, 6.07) is 7.08. The number of nitrogens with zero attached hydrogens (tertiary/aromatic N) is 2. The van der Waals surface area contributed by atoms with Crippen molar-refractivity contribution in [2.45, 2.75) is 13.8 Å². The zero-order valence-electron chi connectivity index (χ0n) is 12.7. The van der Waals surface area contributed by atoms with E-state index in [0.29, 0.717) is 5.69 Å². The van der Waals surface area contributed by atoms with Gasteiger partial charge in [-0.3, -0.25) is 9.59 Å². The van der Waals surface area contributed by atoms with E-state index in [2.05, 4.69) is 10.3 Å². The van der Waals surface area contributed by atoms with Crippen LogP contribution >= 0.6 is 11.3 Å². The SMILES string of the molecule is CC(=O)N(C)c1ccc(NC(=O)C=Cc2csc(C)n2)cc1. The number of hydrogen-bond acceptors (Lipinski definition) is 4. The third-order valence-corrected chi connectivity index (χ3v) is 3.83. The molecule has 6 heteroatoms. The molecule has 0 aliphatic heterocycles. The molecule has 2 aromatic rings. The van der Waals surface area contributed by atoms with Crippen LogP contribution in [0.3, 0.4) is 0 Å².